The SMILES string of the molecule is COc1cc(CNCCCOC(C)C)c(SC)cc1OC. The molecule has 0 unspecified atom stereocenters. The van der Waals surface area contributed by atoms with Crippen LogP contribution in [0.15, 0.2) is 17.0 Å². The molecule has 0 heterocycles. The van der Waals surface area contributed by atoms with Crippen LogP contribution in [0.1, 0.15) is 25.8 Å². The number of thioether (sulfide) groups is 1. The van der Waals surface area contributed by atoms with Gasteiger partial charge in [-0.2, -0.15) is 0 Å². The molecule has 5 heteroatoms. The molecule has 1 aromatic carbocycles. The van der Waals surface area contributed by atoms with Gasteiger partial charge in [0.2, 0.25) is 0 Å². The molecule has 1 aromatic rings. The zero-order valence-corrected chi connectivity index (χ0v) is 14.5. The van der Waals surface area contributed by atoms with E-state index in [4.69, 9.17) is 14.2 Å². The maximum atomic E-state index is 5.53. The van der Waals surface area contributed by atoms with E-state index in [0.717, 1.165) is 37.6 Å². The number of nitrogens with one attached hydrogen (secondary N) is 1. The summed E-state index contributed by atoms with van der Waals surface area (Å²) in [4.78, 5) is 1.21. The van der Waals surface area contributed by atoms with Crippen molar-refractivity contribution in [3.8, 4) is 11.5 Å². The predicted molar refractivity (Wildman–Crippen MR) is 88.7 cm³/mol. The molecule has 0 saturated heterocycles. The van der Waals surface area contributed by atoms with E-state index >= 15 is 0 Å². The molecule has 120 valence electrons. The Morgan fingerprint density at radius 3 is 2.38 bits per heavy atom. The lowest BCUT2D eigenvalue weighted by Crippen LogP contribution is -2.17. The zero-order valence-electron chi connectivity index (χ0n) is 13.7. The smallest absolute Gasteiger partial charge is 0.161 e. The van der Waals surface area contributed by atoms with Crippen molar-refractivity contribution in [2.24, 2.45) is 0 Å². The maximum Gasteiger partial charge on any atom is 0.161 e. The first-order valence-electron chi connectivity index (χ1n) is 7.23. The molecule has 0 aromatic heterocycles. The molecule has 0 aliphatic carbocycles. The molecule has 0 fully saturated rings. The Kier molecular flexibility index (Phi) is 8.57. The van der Waals surface area contributed by atoms with Crippen molar-refractivity contribution in [1.82, 2.24) is 5.32 Å². The summed E-state index contributed by atoms with van der Waals surface area (Å²) in [6.07, 6.45) is 3.39. The van der Waals surface area contributed by atoms with Gasteiger partial charge in [0.15, 0.2) is 11.5 Å². The molecule has 1 N–H and O–H groups in total. The number of hydrogen-bond donors (Lipinski definition) is 1. The standard InChI is InChI=1S/C16H27NO3S/c1-12(2)20-8-6-7-17-11-13-9-14(18-3)15(19-4)10-16(13)21-5/h9-10,12,17H,6-8,11H2,1-5H3. The molecule has 0 aliphatic heterocycles. The van der Waals surface area contributed by atoms with E-state index in [2.05, 4.69) is 25.4 Å². The highest BCUT2D eigenvalue weighted by Crippen LogP contribution is 2.34. The number of ether oxygens (including phenoxy) is 3. The number of rotatable bonds is 10. The minimum absolute atomic E-state index is 0.305. The highest BCUT2D eigenvalue weighted by Gasteiger charge is 2.10. The Hall–Kier alpha value is -0.910. The third-order valence-corrected chi connectivity index (χ3v) is 3.87. The third-order valence-electron chi connectivity index (χ3n) is 3.05. The van der Waals surface area contributed by atoms with Crippen molar-refractivity contribution >= 4 is 11.8 Å². The first-order valence-corrected chi connectivity index (χ1v) is 8.46. The quantitative estimate of drug-likeness (QED) is 0.530. The van der Waals surface area contributed by atoms with Gasteiger partial charge in [-0.15, -0.1) is 11.8 Å². The molecular formula is C16H27NO3S. The van der Waals surface area contributed by atoms with E-state index in [1.54, 1.807) is 26.0 Å². The van der Waals surface area contributed by atoms with Gasteiger partial charge in [0, 0.05) is 18.0 Å². The van der Waals surface area contributed by atoms with Crippen molar-refractivity contribution in [3.05, 3.63) is 17.7 Å². The molecule has 0 spiro atoms. The van der Waals surface area contributed by atoms with Crippen LogP contribution in [-0.4, -0.2) is 39.7 Å². The summed E-state index contributed by atoms with van der Waals surface area (Å²) in [5.41, 5.74) is 1.23. The summed E-state index contributed by atoms with van der Waals surface area (Å²) >= 11 is 1.72. The fourth-order valence-corrected chi connectivity index (χ4v) is 2.59. The van der Waals surface area contributed by atoms with Gasteiger partial charge in [-0.25, -0.2) is 0 Å². The fraction of sp³-hybridized carbons (Fsp3) is 0.625. The Labute approximate surface area is 132 Å². The Morgan fingerprint density at radius 1 is 1.14 bits per heavy atom. The predicted octanol–water partition coefficient (Wildman–Crippen LogP) is 3.33. The van der Waals surface area contributed by atoms with Gasteiger partial charge in [-0.1, -0.05) is 0 Å². The summed E-state index contributed by atoms with van der Waals surface area (Å²) in [7, 11) is 3.33. The average molecular weight is 313 g/mol. The highest BCUT2D eigenvalue weighted by molar-refractivity contribution is 7.98. The van der Waals surface area contributed by atoms with Gasteiger partial charge in [-0.05, 0) is 50.8 Å². The van der Waals surface area contributed by atoms with Gasteiger partial charge in [0.1, 0.15) is 0 Å². The van der Waals surface area contributed by atoms with Crippen molar-refractivity contribution in [3.63, 3.8) is 0 Å². The second kappa shape index (κ2) is 9.92. The normalized spacial score (nSPS) is 11.0. The van der Waals surface area contributed by atoms with Crippen LogP contribution in [0.25, 0.3) is 0 Å². The summed E-state index contributed by atoms with van der Waals surface area (Å²) in [6.45, 7) is 6.67. The topological polar surface area (TPSA) is 39.7 Å². The van der Waals surface area contributed by atoms with E-state index in [9.17, 15) is 0 Å². The van der Waals surface area contributed by atoms with Gasteiger partial charge in [0.25, 0.3) is 0 Å². The Balaban J connectivity index is 2.53. The van der Waals surface area contributed by atoms with Gasteiger partial charge < -0.3 is 19.5 Å². The van der Waals surface area contributed by atoms with Gasteiger partial charge in [-0.3, -0.25) is 0 Å². The summed E-state index contributed by atoms with van der Waals surface area (Å²) < 4.78 is 16.2. The van der Waals surface area contributed by atoms with Crippen LogP contribution in [0.2, 0.25) is 0 Å². The Morgan fingerprint density at radius 2 is 1.81 bits per heavy atom. The molecular weight excluding hydrogens is 286 g/mol. The molecule has 0 bridgehead atoms. The lowest BCUT2D eigenvalue weighted by atomic mass is 10.2. The van der Waals surface area contributed by atoms with Crippen LogP contribution >= 0.6 is 11.8 Å². The summed E-state index contributed by atoms with van der Waals surface area (Å²) in [5.74, 6) is 1.55. The summed E-state index contributed by atoms with van der Waals surface area (Å²) in [5, 5.41) is 3.45. The molecule has 1 rings (SSSR count). The Bertz CT molecular complexity index is 424. The first kappa shape index (κ1) is 18.1. The lowest BCUT2D eigenvalue weighted by Gasteiger charge is -2.14. The molecule has 0 amide bonds. The molecule has 21 heavy (non-hydrogen) atoms. The molecule has 0 atom stereocenters. The summed E-state index contributed by atoms with van der Waals surface area (Å²) in [6, 6.07) is 4.07. The van der Waals surface area contributed by atoms with Gasteiger partial charge in [0.05, 0.1) is 20.3 Å². The van der Waals surface area contributed by atoms with E-state index in [-0.39, 0.29) is 0 Å². The van der Waals surface area contributed by atoms with E-state index in [1.165, 1.54) is 10.5 Å². The molecule has 0 saturated carbocycles. The lowest BCUT2D eigenvalue weighted by molar-refractivity contribution is 0.0770. The number of methoxy groups -OCH3 is 2. The van der Waals surface area contributed by atoms with Crippen molar-refractivity contribution in [1.29, 1.82) is 0 Å². The van der Waals surface area contributed by atoms with Crippen LogP contribution in [0.4, 0.5) is 0 Å². The van der Waals surface area contributed by atoms with Crippen molar-refractivity contribution in [2.75, 3.05) is 33.6 Å². The van der Waals surface area contributed by atoms with Crippen LogP contribution in [-0.2, 0) is 11.3 Å². The second-order valence-electron chi connectivity index (χ2n) is 4.97. The first-order chi connectivity index (χ1) is 10.1. The van der Waals surface area contributed by atoms with Crippen molar-refractivity contribution in [2.45, 2.75) is 37.8 Å². The third kappa shape index (κ3) is 6.16. The van der Waals surface area contributed by atoms with Crippen LogP contribution < -0.4 is 14.8 Å². The number of hydrogen-bond acceptors (Lipinski definition) is 5. The van der Waals surface area contributed by atoms with Crippen molar-refractivity contribution < 1.29 is 14.2 Å². The second-order valence-corrected chi connectivity index (χ2v) is 5.82. The van der Waals surface area contributed by atoms with Gasteiger partial charge >= 0.3 is 0 Å². The molecule has 0 aliphatic rings. The maximum absolute atomic E-state index is 5.53. The average Bonchev–Trinajstić information content (AvgIpc) is 2.49. The molecule has 0 radical (unpaired) electrons. The fourth-order valence-electron chi connectivity index (χ4n) is 1.97. The van der Waals surface area contributed by atoms with Crippen LogP contribution in [0.3, 0.4) is 0 Å². The monoisotopic (exact) mass is 313 g/mol. The van der Waals surface area contributed by atoms with E-state index in [0.29, 0.717) is 6.10 Å². The molecule has 4 nitrogen and oxygen atoms in total. The van der Waals surface area contributed by atoms with Crippen LogP contribution in [0, 0.1) is 0 Å². The highest BCUT2D eigenvalue weighted by atomic mass is 32.2. The minimum atomic E-state index is 0.305. The zero-order chi connectivity index (χ0) is 15.7. The largest absolute Gasteiger partial charge is 0.493 e. The van der Waals surface area contributed by atoms with E-state index < -0.39 is 0 Å². The number of benzene rings is 1. The van der Waals surface area contributed by atoms with E-state index in [1.807, 2.05) is 12.1 Å². The minimum Gasteiger partial charge on any atom is -0.493 e. The van der Waals surface area contributed by atoms with Crippen LogP contribution in [0.5, 0.6) is 11.5 Å².